The molecule has 4 rings (SSSR count). The molecule has 0 unspecified atom stereocenters. The fourth-order valence-corrected chi connectivity index (χ4v) is 3.56. The zero-order chi connectivity index (χ0) is 18.8. The number of thioether (sulfide) groups is 1. The van der Waals surface area contributed by atoms with Gasteiger partial charge in [-0.2, -0.15) is 0 Å². The summed E-state index contributed by atoms with van der Waals surface area (Å²) in [7, 11) is 0. The molecule has 2 N–H and O–H groups in total. The van der Waals surface area contributed by atoms with E-state index in [2.05, 4.69) is 15.2 Å². The normalized spacial score (nSPS) is 13.8. The quantitative estimate of drug-likeness (QED) is 0.596. The number of hydrogen-bond donors (Lipinski definition) is 1. The smallest absolute Gasteiger partial charge is 0.219 e. The maximum atomic E-state index is 13.0. The van der Waals surface area contributed by atoms with E-state index >= 15 is 0 Å². The fraction of sp³-hybridized carbons (Fsp3) is 0.333. The highest BCUT2D eigenvalue weighted by Crippen LogP contribution is 2.40. The van der Waals surface area contributed by atoms with Gasteiger partial charge < -0.3 is 14.7 Å². The largest absolute Gasteiger partial charge is 0.440 e. The van der Waals surface area contributed by atoms with Crippen LogP contribution >= 0.6 is 11.8 Å². The Balaban J connectivity index is 1.45. The first-order valence-corrected chi connectivity index (χ1v) is 9.63. The summed E-state index contributed by atoms with van der Waals surface area (Å²) >= 11 is 1.45. The van der Waals surface area contributed by atoms with E-state index in [1.165, 1.54) is 23.9 Å². The molecule has 1 fully saturated rings. The Labute approximate surface area is 159 Å². The van der Waals surface area contributed by atoms with Crippen LogP contribution in [0, 0.1) is 5.82 Å². The van der Waals surface area contributed by atoms with Crippen molar-refractivity contribution in [1.29, 1.82) is 0 Å². The Morgan fingerprint density at radius 1 is 1.30 bits per heavy atom. The molecular weight excluding hydrogens is 369 g/mol. The summed E-state index contributed by atoms with van der Waals surface area (Å²) in [6.07, 6.45) is 4.07. The zero-order valence-corrected chi connectivity index (χ0v) is 15.3. The molecule has 0 saturated heterocycles. The molecule has 0 atom stereocenters. The van der Waals surface area contributed by atoms with Gasteiger partial charge in [0, 0.05) is 24.4 Å². The number of nitrogens with two attached hydrogens (primary N) is 1. The molecular formula is C18H18FN5O2S. The molecule has 1 aliphatic rings. The maximum absolute atomic E-state index is 13.0. The summed E-state index contributed by atoms with van der Waals surface area (Å²) in [5.74, 6) is 2.29. The molecule has 140 valence electrons. The van der Waals surface area contributed by atoms with Gasteiger partial charge in [0.1, 0.15) is 11.6 Å². The van der Waals surface area contributed by atoms with Gasteiger partial charge in [-0.05, 0) is 37.1 Å². The average molecular weight is 387 g/mol. The Morgan fingerprint density at radius 3 is 2.78 bits per heavy atom. The van der Waals surface area contributed by atoms with Gasteiger partial charge in [0.15, 0.2) is 10.9 Å². The van der Waals surface area contributed by atoms with Crippen molar-refractivity contribution in [2.24, 2.45) is 5.73 Å². The second-order valence-electron chi connectivity index (χ2n) is 6.40. The van der Waals surface area contributed by atoms with Crippen molar-refractivity contribution in [3.63, 3.8) is 0 Å². The highest BCUT2D eigenvalue weighted by molar-refractivity contribution is 7.98. The first kappa shape index (κ1) is 17.7. The number of rotatable bonds is 8. The number of aromatic nitrogens is 4. The van der Waals surface area contributed by atoms with Crippen LogP contribution in [0.2, 0.25) is 0 Å². The molecule has 1 aliphatic carbocycles. The lowest BCUT2D eigenvalue weighted by Crippen LogP contribution is -2.15. The minimum Gasteiger partial charge on any atom is -0.440 e. The van der Waals surface area contributed by atoms with Crippen LogP contribution < -0.4 is 5.73 Å². The van der Waals surface area contributed by atoms with Crippen LogP contribution in [0.3, 0.4) is 0 Å². The third kappa shape index (κ3) is 4.19. The Morgan fingerprint density at radius 2 is 2.07 bits per heavy atom. The van der Waals surface area contributed by atoms with E-state index in [-0.39, 0.29) is 18.1 Å². The minimum absolute atomic E-state index is 0.249. The van der Waals surface area contributed by atoms with Gasteiger partial charge in [-0.3, -0.25) is 4.79 Å². The molecule has 1 aromatic carbocycles. The van der Waals surface area contributed by atoms with E-state index in [1.807, 2.05) is 4.57 Å². The summed E-state index contributed by atoms with van der Waals surface area (Å²) in [4.78, 5) is 15.4. The first-order chi connectivity index (χ1) is 13.1. The van der Waals surface area contributed by atoms with Gasteiger partial charge in [0.25, 0.3) is 0 Å². The molecule has 0 aliphatic heterocycles. The highest BCUT2D eigenvalue weighted by atomic mass is 32.2. The lowest BCUT2D eigenvalue weighted by atomic mass is 10.2. The van der Waals surface area contributed by atoms with Gasteiger partial charge in [0.2, 0.25) is 11.8 Å². The van der Waals surface area contributed by atoms with Crippen molar-refractivity contribution in [1.82, 2.24) is 19.7 Å². The SMILES string of the molecule is NC(=O)CCn1c(SCc2ncc(-c3ccc(F)cc3)o2)nnc1C1CC1. The van der Waals surface area contributed by atoms with Crippen LogP contribution in [0.1, 0.15) is 36.9 Å². The third-order valence-electron chi connectivity index (χ3n) is 4.28. The van der Waals surface area contributed by atoms with Crippen LogP contribution in [0.25, 0.3) is 11.3 Å². The summed E-state index contributed by atoms with van der Waals surface area (Å²) in [6.45, 7) is 0.475. The van der Waals surface area contributed by atoms with Crippen LogP contribution in [0.4, 0.5) is 4.39 Å². The van der Waals surface area contributed by atoms with Crippen molar-refractivity contribution in [2.45, 2.75) is 42.6 Å². The molecule has 2 heterocycles. The predicted molar refractivity (Wildman–Crippen MR) is 97.3 cm³/mol. The molecule has 0 spiro atoms. The molecule has 1 amide bonds. The van der Waals surface area contributed by atoms with Crippen LogP contribution in [-0.4, -0.2) is 25.7 Å². The van der Waals surface area contributed by atoms with Crippen LogP contribution in [-0.2, 0) is 17.1 Å². The van der Waals surface area contributed by atoms with Crippen LogP contribution in [0.5, 0.6) is 0 Å². The van der Waals surface area contributed by atoms with E-state index < -0.39 is 0 Å². The maximum Gasteiger partial charge on any atom is 0.219 e. The summed E-state index contributed by atoms with van der Waals surface area (Å²) < 4.78 is 20.8. The van der Waals surface area contributed by atoms with E-state index in [4.69, 9.17) is 10.2 Å². The molecule has 9 heteroatoms. The molecule has 3 aromatic rings. The Kier molecular flexibility index (Phi) is 4.93. The number of amides is 1. The van der Waals surface area contributed by atoms with Crippen molar-refractivity contribution in [3.8, 4) is 11.3 Å². The standard InChI is InChI=1S/C18H18FN5O2S/c19-13-5-3-11(4-6-13)14-9-21-16(26-14)10-27-18-23-22-17(12-1-2-12)24(18)8-7-15(20)25/h3-6,9,12H,1-2,7-8,10H2,(H2,20,25). The van der Waals surface area contributed by atoms with E-state index in [9.17, 15) is 9.18 Å². The zero-order valence-electron chi connectivity index (χ0n) is 14.5. The van der Waals surface area contributed by atoms with Gasteiger partial charge in [-0.1, -0.05) is 11.8 Å². The number of benzene rings is 1. The Bertz CT molecular complexity index is 949. The number of nitrogens with zero attached hydrogens (tertiary/aromatic N) is 4. The Hall–Kier alpha value is -2.68. The monoisotopic (exact) mass is 387 g/mol. The molecule has 2 aromatic heterocycles. The second-order valence-corrected chi connectivity index (χ2v) is 7.34. The number of oxazole rings is 1. The van der Waals surface area contributed by atoms with Gasteiger partial charge in [-0.25, -0.2) is 9.37 Å². The lowest BCUT2D eigenvalue weighted by Gasteiger charge is -2.07. The molecule has 7 nitrogen and oxygen atoms in total. The first-order valence-electron chi connectivity index (χ1n) is 8.65. The van der Waals surface area contributed by atoms with Gasteiger partial charge >= 0.3 is 0 Å². The topological polar surface area (TPSA) is 99.8 Å². The lowest BCUT2D eigenvalue weighted by molar-refractivity contribution is -0.118. The number of carbonyl (C=O) groups is 1. The second kappa shape index (κ2) is 7.51. The van der Waals surface area contributed by atoms with Crippen molar-refractivity contribution in [3.05, 3.63) is 48.0 Å². The van der Waals surface area contributed by atoms with Crippen molar-refractivity contribution < 1.29 is 13.6 Å². The van der Waals surface area contributed by atoms with Crippen LogP contribution in [0.15, 0.2) is 40.0 Å². The van der Waals surface area contributed by atoms with Gasteiger partial charge in [0.05, 0.1) is 11.9 Å². The summed E-state index contributed by atoms with van der Waals surface area (Å²) in [6, 6.07) is 6.06. The summed E-state index contributed by atoms with van der Waals surface area (Å²) in [5, 5.41) is 9.26. The number of halogens is 1. The van der Waals surface area contributed by atoms with Crippen molar-refractivity contribution >= 4 is 17.7 Å². The predicted octanol–water partition coefficient (Wildman–Crippen LogP) is 3.12. The van der Waals surface area contributed by atoms with Crippen molar-refractivity contribution in [2.75, 3.05) is 0 Å². The van der Waals surface area contributed by atoms with Gasteiger partial charge in [-0.15, -0.1) is 10.2 Å². The minimum atomic E-state index is -0.349. The third-order valence-corrected chi connectivity index (χ3v) is 5.23. The van der Waals surface area contributed by atoms with E-state index in [0.717, 1.165) is 29.4 Å². The molecule has 1 saturated carbocycles. The highest BCUT2D eigenvalue weighted by Gasteiger charge is 2.30. The fourth-order valence-electron chi connectivity index (χ4n) is 2.73. The van der Waals surface area contributed by atoms with E-state index in [0.29, 0.717) is 29.9 Å². The average Bonchev–Trinajstić information content (AvgIpc) is 3.24. The molecule has 0 radical (unpaired) electrons. The molecule has 0 bridgehead atoms. The number of primary amides is 1. The number of hydrogen-bond acceptors (Lipinski definition) is 6. The summed E-state index contributed by atoms with van der Waals surface area (Å²) in [5.41, 5.74) is 6.05. The number of carbonyl (C=O) groups excluding carboxylic acids is 1. The molecule has 27 heavy (non-hydrogen) atoms. The van der Waals surface area contributed by atoms with E-state index in [1.54, 1.807) is 18.3 Å².